The van der Waals surface area contributed by atoms with Crippen LogP contribution >= 0.6 is 0 Å². The van der Waals surface area contributed by atoms with Crippen LogP contribution in [0.4, 0.5) is 0 Å². The number of sulfonamides is 1. The minimum absolute atomic E-state index is 0.111. The molecule has 0 bridgehead atoms. The van der Waals surface area contributed by atoms with Crippen LogP contribution in [-0.4, -0.2) is 38.5 Å². The Labute approximate surface area is 179 Å². The third kappa shape index (κ3) is 5.01. The Bertz CT molecular complexity index is 1090. The molecule has 0 aliphatic carbocycles. The molecule has 0 saturated carbocycles. The Balaban J connectivity index is 2.46. The molecule has 0 aromatic heterocycles. The van der Waals surface area contributed by atoms with Gasteiger partial charge in [-0.15, -0.1) is 0 Å². The Morgan fingerprint density at radius 3 is 2.13 bits per heavy atom. The van der Waals surface area contributed by atoms with Crippen molar-refractivity contribution in [2.24, 2.45) is 0 Å². The molecule has 1 heterocycles. The van der Waals surface area contributed by atoms with Crippen LogP contribution in [0.5, 0.6) is 0 Å². The summed E-state index contributed by atoms with van der Waals surface area (Å²) in [7, 11) is -8.71. The molecule has 2 rings (SSSR count). The van der Waals surface area contributed by atoms with Gasteiger partial charge in [0.15, 0.2) is 14.4 Å². The van der Waals surface area contributed by atoms with Crippen LogP contribution in [0.15, 0.2) is 23.1 Å². The maximum Gasteiger partial charge on any atom is 0.229 e. The minimum atomic E-state index is -4.43. The van der Waals surface area contributed by atoms with Gasteiger partial charge in [-0.05, 0) is 59.1 Å². The first-order valence-electron chi connectivity index (χ1n) is 9.67. The van der Waals surface area contributed by atoms with Gasteiger partial charge < -0.3 is 5.32 Å². The number of hydrogen-bond donors (Lipinski definition) is 2. The van der Waals surface area contributed by atoms with Gasteiger partial charge in [-0.1, -0.05) is 13.0 Å². The highest BCUT2D eigenvalue weighted by molar-refractivity contribution is 8.08. The molecule has 0 radical (unpaired) electrons. The summed E-state index contributed by atoms with van der Waals surface area (Å²) in [6.07, 6.45) is 0.802. The molecule has 164 valence electrons. The maximum atomic E-state index is 13.3. The van der Waals surface area contributed by atoms with Crippen LogP contribution in [-0.2, 0) is 19.9 Å². The Morgan fingerprint density at radius 1 is 1.10 bits per heavy atom. The van der Waals surface area contributed by atoms with E-state index < -0.39 is 35.4 Å². The average molecular weight is 453 g/mol. The van der Waals surface area contributed by atoms with Gasteiger partial charge in [-0.25, -0.2) is 21.6 Å². The normalized spacial score (nSPS) is 20.1. The lowest BCUT2D eigenvalue weighted by Crippen LogP contribution is -2.62. The lowest BCUT2D eigenvalue weighted by Gasteiger charge is -2.46. The molecule has 1 aliphatic rings. The van der Waals surface area contributed by atoms with E-state index in [9.17, 15) is 27.4 Å². The highest BCUT2D eigenvalue weighted by Gasteiger charge is 2.44. The lowest BCUT2D eigenvalue weighted by molar-refractivity contribution is 0.157. The Kier molecular flexibility index (Phi) is 6.70. The molecule has 1 aliphatic heterocycles. The molecule has 1 saturated heterocycles. The monoisotopic (exact) mass is 452 g/mol. The second-order valence-electron chi connectivity index (χ2n) is 8.95. The van der Waals surface area contributed by atoms with E-state index in [0.717, 1.165) is 0 Å². The van der Waals surface area contributed by atoms with E-state index in [2.05, 4.69) is 10.0 Å². The fourth-order valence-electron chi connectivity index (χ4n) is 4.44. The van der Waals surface area contributed by atoms with Crippen LogP contribution in [0.25, 0.3) is 0 Å². The SMILES string of the molecule is CCC(S(=O)(=O)NC1CC(C)(C)NC(C)(C)C1)S(=O)(=O)c1cccc(C#N)c1C#N. The summed E-state index contributed by atoms with van der Waals surface area (Å²) in [5, 5.41) is 22.0. The minimum Gasteiger partial charge on any atom is -0.307 e. The van der Waals surface area contributed by atoms with Gasteiger partial charge in [0.25, 0.3) is 0 Å². The second kappa shape index (κ2) is 8.27. The van der Waals surface area contributed by atoms with Crippen molar-refractivity contribution in [1.29, 1.82) is 10.5 Å². The number of piperidine rings is 1. The Morgan fingerprint density at radius 2 is 1.67 bits per heavy atom. The van der Waals surface area contributed by atoms with E-state index in [4.69, 9.17) is 0 Å². The zero-order valence-corrected chi connectivity index (χ0v) is 19.5. The quantitative estimate of drug-likeness (QED) is 0.674. The highest BCUT2D eigenvalue weighted by Crippen LogP contribution is 2.31. The third-order valence-electron chi connectivity index (χ3n) is 5.11. The van der Waals surface area contributed by atoms with Gasteiger partial charge in [0.05, 0.1) is 16.0 Å². The van der Waals surface area contributed by atoms with Gasteiger partial charge >= 0.3 is 0 Å². The molecular weight excluding hydrogens is 424 g/mol. The zero-order valence-electron chi connectivity index (χ0n) is 17.9. The molecule has 8 nitrogen and oxygen atoms in total. The summed E-state index contributed by atoms with van der Waals surface area (Å²) in [5.74, 6) is 0. The topological polar surface area (TPSA) is 140 Å². The molecule has 0 amide bonds. The fourth-order valence-corrected chi connectivity index (χ4v) is 8.90. The molecule has 1 aromatic rings. The van der Waals surface area contributed by atoms with Crippen molar-refractivity contribution in [2.75, 3.05) is 0 Å². The van der Waals surface area contributed by atoms with Gasteiger partial charge in [0, 0.05) is 17.1 Å². The van der Waals surface area contributed by atoms with Gasteiger partial charge in [-0.3, -0.25) is 0 Å². The van der Waals surface area contributed by atoms with Crippen molar-refractivity contribution < 1.29 is 16.8 Å². The number of hydrogen-bond acceptors (Lipinski definition) is 7. The van der Waals surface area contributed by atoms with E-state index in [-0.39, 0.29) is 28.6 Å². The Hall–Kier alpha value is -1.98. The molecule has 30 heavy (non-hydrogen) atoms. The number of sulfone groups is 1. The summed E-state index contributed by atoms with van der Waals surface area (Å²) >= 11 is 0. The summed E-state index contributed by atoms with van der Waals surface area (Å²) in [6, 6.07) is 6.89. The van der Waals surface area contributed by atoms with Crippen molar-refractivity contribution in [3.05, 3.63) is 29.3 Å². The second-order valence-corrected chi connectivity index (χ2v) is 13.2. The number of nitrogens with one attached hydrogen (secondary N) is 2. The van der Waals surface area contributed by atoms with E-state index in [1.165, 1.54) is 25.1 Å². The first-order chi connectivity index (χ1) is 13.7. The predicted molar refractivity (Wildman–Crippen MR) is 114 cm³/mol. The zero-order chi connectivity index (χ0) is 23.0. The molecule has 1 fully saturated rings. The smallest absolute Gasteiger partial charge is 0.229 e. The predicted octanol–water partition coefficient (Wildman–Crippen LogP) is 2.17. The van der Waals surface area contributed by atoms with E-state index in [1.54, 1.807) is 12.1 Å². The highest BCUT2D eigenvalue weighted by atomic mass is 32.3. The number of nitrogens with zero attached hydrogens (tertiary/aromatic N) is 2. The standard InChI is InChI=1S/C20H28N4O4S2/c1-6-18(29(25,26)17-9-7-8-14(12-21)16(17)13-22)30(27,28)23-15-10-19(2,3)24-20(4,5)11-15/h7-9,15,18,23-24H,6,10-11H2,1-5H3. The first kappa shape index (κ1) is 24.3. The van der Waals surface area contributed by atoms with Crippen LogP contribution in [0, 0.1) is 22.7 Å². The maximum absolute atomic E-state index is 13.3. The summed E-state index contributed by atoms with van der Waals surface area (Å²) in [5.41, 5.74) is -1.10. The largest absolute Gasteiger partial charge is 0.307 e. The molecule has 1 atom stereocenters. The van der Waals surface area contributed by atoms with Crippen LogP contribution < -0.4 is 10.0 Å². The lowest BCUT2D eigenvalue weighted by atomic mass is 9.80. The molecule has 1 unspecified atom stereocenters. The van der Waals surface area contributed by atoms with Crippen molar-refractivity contribution in [2.45, 2.75) is 80.5 Å². The molecular formula is C20H28N4O4S2. The van der Waals surface area contributed by atoms with Gasteiger partial charge in [-0.2, -0.15) is 10.5 Å². The number of benzene rings is 1. The van der Waals surface area contributed by atoms with E-state index in [0.29, 0.717) is 12.8 Å². The van der Waals surface area contributed by atoms with E-state index >= 15 is 0 Å². The van der Waals surface area contributed by atoms with Crippen LogP contribution in [0.3, 0.4) is 0 Å². The van der Waals surface area contributed by atoms with Crippen molar-refractivity contribution in [1.82, 2.24) is 10.0 Å². The first-order valence-corrected chi connectivity index (χ1v) is 12.8. The fraction of sp³-hybridized carbons (Fsp3) is 0.600. The number of nitriles is 2. The van der Waals surface area contributed by atoms with Gasteiger partial charge in [0.2, 0.25) is 10.0 Å². The van der Waals surface area contributed by atoms with Crippen molar-refractivity contribution >= 4 is 19.9 Å². The van der Waals surface area contributed by atoms with Crippen molar-refractivity contribution in [3.8, 4) is 12.1 Å². The average Bonchev–Trinajstić information content (AvgIpc) is 2.57. The molecule has 2 N–H and O–H groups in total. The molecule has 10 heteroatoms. The van der Waals surface area contributed by atoms with Crippen LogP contribution in [0.2, 0.25) is 0 Å². The van der Waals surface area contributed by atoms with Gasteiger partial charge in [0.1, 0.15) is 12.1 Å². The van der Waals surface area contributed by atoms with Crippen molar-refractivity contribution in [3.63, 3.8) is 0 Å². The summed E-state index contributed by atoms with van der Waals surface area (Å²) in [4.78, 5) is -0.438. The molecule has 0 spiro atoms. The summed E-state index contributed by atoms with van der Waals surface area (Å²) in [6.45, 7) is 9.34. The van der Waals surface area contributed by atoms with Crippen LogP contribution in [0.1, 0.15) is 65.0 Å². The third-order valence-corrected chi connectivity index (χ3v) is 10.3. The molecule has 1 aromatic carbocycles. The number of rotatable bonds is 6. The van der Waals surface area contributed by atoms with E-state index in [1.807, 2.05) is 27.7 Å². The summed E-state index contributed by atoms with van der Waals surface area (Å²) < 4.78 is 53.7.